The number of nitrogens with zero attached hydrogens (tertiary/aromatic N) is 1. The van der Waals surface area contributed by atoms with Crippen molar-refractivity contribution in [3.8, 4) is 11.5 Å². The third-order valence-electron chi connectivity index (χ3n) is 3.60. The molecule has 1 heterocycles. The first-order valence-electron chi connectivity index (χ1n) is 7.30. The highest BCUT2D eigenvalue weighted by Crippen LogP contribution is 2.28. The molecule has 0 atom stereocenters. The molecule has 1 N–H and O–H groups in total. The molecule has 0 radical (unpaired) electrons. The molecular weight excluding hydrogens is 360 g/mol. The number of ether oxygens (including phenoxy) is 2. The monoisotopic (exact) mass is 376 g/mol. The maximum atomic E-state index is 12.2. The SMILES string of the molecule is CCOc1cc(Cn2c(=O)[nH]c3cc(Br)ccc32)ccc1OC. The van der Waals surface area contributed by atoms with Crippen LogP contribution in [0, 0.1) is 0 Å². The van der Waals surface area contributed by atoms with Crippen molar-refractivity contribution >= 4 is 27.0 Å². The molecular formula is C17H17BrN2O3. The summed E-state index contributed by atoms with van der Waals surface area (Å²) in [5.41, 5.74) is 2.52. The maximum absolute atomic E-state index is 12.2. The van der Waals surface area contributed by atoms with Crippen molar-refractivity contribution in [2.45, 2.75) is 13.5 Å². The van der Waals surface area contributed by atoms with Gasteiger partial charge < -0.3 is 14.5 Å². The van der Waals surface area contributed by atoms with Gasteiger partial charge in [0, 0.05) is 4.47 Å². The molecule has 0 bridgehead atoms. The van der Waals surface area contributed by atoms with Crippen LogP contribution in [-0.4, -0.2) is 23.3 Å². The van der Waals surface area contributed by atoms with Crippen molar-refractivity contribution in [2.75, 3.05) is 13.7 Å². The van der Waals surface area contributed by atoms with Gasteiger partial charge in [-0.3, -0.25) is 4.57 Å². The van der Waals surface area contributed by atoms with Gasteiger partial charge in [0.1, 0.15) is 0 Å². The van der Waals surface area contributed by atoms with E-state index in [4.69, 9.17) is 9.47 Å². The Morgan fingerprint density at radius 3 is 2.74 bits per heavy atom. The minimum atomic E-state index is -0.133. The van der Waals surface area contributed by atoms with Crippen molar-refractivity contribution in [2.24, 2.45) is 0 Å². The first kappa shape index (κ1) is 15.7. The van der Waals surface area contributed by atoms with Gasteiger partial charge in [-0.2, -0.15) is 0 Å². The normalized spacial score (nSPS) is 10.9. The number of methoxy groups -OCH3 is 1. The lowest BCUT2D eigenvalue weighted by Gasteiger charge is -2.11. The van der Waals surface area contributed by atoms with Gasteiger partial charge in [0.2, 0.25) is 0 Å². The van der Waals surface area contributed by atoms with Crippen LogP contribution in [0.15, 0.2) is 45.7 Å². The lowest BCUT2D eigenvalue weighted by atomic mass is 10.2. The highest BCUT2D eigenvalue weighted by atomic mass is 79.9. The zero-order chi connectivity index (χ0) is 16.4. The Balaban J connectivity index is 2.00. The van der Waals surface area contributed by atoms with E-state index in [1.165, 1.54) is 0 Å². The fraction of sp³-hybridized carbons (Fsp3) is 0.235. The fourth-order valence-electron chi connectivity index (χ4n) is 2.56. The summed E-state index contributed by atoms with van der Waals surface area (Å²) in [6, 6.07) is 11.4. The van der Waals surface area contributed by atoms with Crippen LogP contribution in [0.5, 0.6) is 11.5 Å². The van der Waals surface area contributed by atoms with Crippen molar-refractivity contribution in [3.63, 3.8) is 0 Å². The molecule has 0 saturated heterocycles. The van der Waals surface area contributed by atoms with Crippen LogP contribution in [0.4, 0.5) is 0 Å². The van der Waals surface area contributed by atoms with Crippen molar-refractivity contribution < 1.29 is 9.47 Å². The van der Waals surface area contributed by atoms with Gasteiger partial charge in [-0.1, -0.05) is 22.0 Å². The number of rotatable bonds is 5. The van der Waals surface area contributed by atoms with Gasteiger partial charge >= 0.3 is 5.69 Å². The lowest BCUT2D eigenvalue weighted by molar-refractivity contribution is 0.310. The molecule has 3 rings (SSSR count). The van der Waals surface area contributed by atoms with E-state index >= 15 is 0 Å². The zero-order valence-corrected chi connectivity index (χ0v) is 14.5. The molecule has 2 aromatic carbocycles. The summed E-state index contributed by atoms with van der Waals surface area (Å²) in [6.45, 7) is 2.94. The molecule has 0 fully saturated rings. The fourth-order valence-corrected chi connectivity index (χ4v) is 2.92. The minimum Gasteiger partial charge on any atom is -0.493 e. The van der Waals surface area contributed by atoms with Crippen LogP contribution in [0.1, 0.15) is 12.5 Å². The van der Waals surface area contributed by atoms with Crippen molar-refractivity contribution in [3.05, 3.63) is 56.9 Å². The molecule has 0 aliphatic heterocycles. The zero-order valence-electron chi connectivity index (χ0n) is 12.9. The molecule has 120 valence electrons. The molecule has 6 heteroatoms. The van der Waals surface area contributed by atoms with E-state index in [-0.39, 0.29) is 5.69 Å². The minimum absolute atomic E-state index is 0.133. The number of imidazole rings is 1. The van der Waals surface area contributed by atoms with E-state index in [2.05, 4.69) is 20.9 Å². The molecule has 0 amide bonds. The predicted molar refractivity (Wildman–Crippen MR) is 93.5 cm³/mol. The van der Waals surface area contributed by atoms with Gasteiger partial charge in [-0.25, -0.2) is 4.79 Å². The Bertz CT molecular complexity index is 898. The second kappa shape index (κ2) is 6.50. The quantitative estimate of drug-likeness (QED) is 0.740. The third kappa shape index (κ3) is 3.12. The largest absolute Gasteiger partial charge is 0.493 e. The number of fused-ring (bicyclic) bond motifs is 1. The highest BCUT2D eigenvalue weighted by Gasteiger charge is 2.10. The van der Waals surface area contributed by atoms with E-state index in [9.17, 15) is 4.79 Å². The van der Waals surface area contributed by atoms with Crippen LogP contribution >= 0.6 is 15.9 Å². The first-order valence-corrected chi connectivity index (χ1v) is 8.09. The van der Waals surface area contributed by atoms with Crippen molar-refractivity contribution in [1.82, 2.24) is 9.55 Å². The Labute approximate surface area is 142 Å². The number of benzene rings is 2. The molecule has 0 unspecified atom stereocenters. The number of hydrogen-bond acceptors (Lipinski definition) is 3. The van der Waals surface area contributed by atoms with E-state index in [0.717, 1.165) is 21.1 Å². The number of aromatic amines is 1. The standard InChI is InChI=1S/C17H17BrN2O3/c1-3-23-16-8-11(4-7-15(16)22-2)10-20-14-6-5-12(18)9-13(14)19-17(20)21/h4-9H,3,10H2,1-2H3,(H,19,21). The molecule has 1 aromatic heterocycles. The van der Waals surface area contributed by atoms with Gasteiger partial charge in [0.15, 0.2) is 11.5 Å². The lowest BCUT2D eigenvalue weighted by Crippen LogP contribution is -2.17. The topological polar surface area (TPSA) is 56.2 Å². The summed E-state index contributed by atoms with van der Waals surface area (Å²) in [5, 5.41) is 0. The molecule has 0 saturated carbocycles. The predicted octanol–water partition coefficient (Wildman–Crippen LogP) is 3.55. The summed E-state index contributed by atoms with van der Waals surface area (Å²) in [5.74, 6) is 1.37. The van der Waals surface area contributed by atoms with Crippen LogP contribution < -0.4 is 15.2 Å². The number of nitrogens with one attached hydrogen (secondary N) is 1. The summed E-state index contributed by atoms with van der Waals surface area (Å²) in [6.07, 6.45) is 0. The van der Waals surface area contributed by atoms with E-state index in [1.807, 2.05) is 43.3 Å². The van der Waals surface area contributed by atoms with Gasteiger partial charge in [-0.15, -0.1) is 0 Å². The first-order chi connectivity index (χ1) is 11.1. The van der Waals surface area contributed by atoms with E-state index in [1.54, 1.807) is 11.7 Å². The molecule has 0 spiro atoms. The number of hydrogen-bond donors (Lipinski definition) is 1. The number of halogens is 1. The number of aromatic nitrogens is 2. The second-order valence-electron chi connectivity index (χ2n) is 5.10. The Hall–Kier alpha value is -2.21. The van der Waals surface area contributed by atoms with Crippen LogP contribution in [0.2, 0.25) is 0 Å². The molecule has 23 heavy (non-hydrogen) atoms. The Morgan fingerprint density at radius 2 is 2.00 bits per heavy atom. The average Bonchev–Trinajstić information content (AvgIpc) is 2.83. The summed E-state index contributed by atoms with van der Waals surface area (Å²) < 4.78 is 13.5. The summed E-state index contributed by atoms with van der Waals surface area (Å²) in [4.78, 5) is 15.1. The summed E-state index contributed by atoms with van der Waals surface area (Å²) >= 11 is 3.41. The average molecular weight is 377 g/mol. The van der Waals surface area contributed by atoms with E-state index < -0.39 is 0 Å². The number of H-pyrrole nitrogens is 1. The van der Waals surface area contributed by atoms with Gasteiger partial charge in [0.05, 0.1) is 31.3 Å². The second-order valence-corrected chi connectivity index (χ2v) is 6.01. The Kier molecular flexibility index (Phi) is 4.43. The summed E-state index contributed by atoms with van der Waals surface area (Å²) in [7, 11) is 1.61. The van der Waals surface area contributed by atoms with Crippen LogP contribution in [0.25, 0.3) is 11.0 Å². The third-order valence-corrected chi connectivity index (χ3v) is 4.10. The van der Waals surface area contributed by atoms with Crippen LogP contribution in [-0.2, 0) is 6.54 Å². The Morgan fingerprint density at radius 1 is 1.17 bits per heavy atom. The highest BCUT2D eigenvalue weighted by molar-refractivity contribution is 9.10. The molecule has 0 aliphatic carbocycles. The van der Waals surface area contributed by atoms with E-state index in [0.29, 0.717) is 24.7 Å². The molecule has 3 aromatic rings. The molecule has 5 nitrogen and oxygen atoms in total. The van der Waals surface area contributed by atoms with Gasteiger partial charge in [-0.05, 0) is 42.8 Å². The maximum Gasteiger partial charge on any atom is 0.326 e. The van der Waals surface area contributed by atoms with Crippen LogP contribution in [0.3, 0.4) is 0 Å². The smallest absolute Gasteiger partial charge is 0.326 e. The molecule has 0 aliphatic rings. The van der Waals surface area contributed by atoms with Crippen molar-refractivity contribution in [1.29, 1.82) is 0 Å². The van der Waals surface area contributed by atoms with Gasteiger partial charge in [0.25, 0.3) is 0 Å².